The van der Waals surface area contributed by atoms with Crippen molar-refractivity contribution in [2.75, 3.05) is 5.32 Å². The van der Waals surface area contributed by atoms with E-state index in [9.17, 15) is 0 Å². The van der Waals surface area contributed by atoms with Gasteiger partial charge in [-0.3, -0.25) is 0 Å². The van der Waals surface area contributed by atoms with Gasteiger partial charge in [0.2, 0.25) is 0 Å². The van der Waals surface area contributed by atoms with E-state index in [0.29, 0.717) is 17.1 Å². The molecule has 0 atom stereocenters. The number of rotatable bonds is 7. The van der Waals surface area contributed by atoms with Crippen LogP contribution in [0, 0.1) is 12.8 Å². The van der Waals surface area contributed by atoms with Crippen LogP contribution in [0.25, 0.3) is 21.6 Å². The van der Waals surface area contributed by atoms with Gasteiger partial charge in [-0.1, -0.05) is 29.0 Å². The van der Waals surface area contributed by atoms with E-state index >= 15 is 0 Å². The van der Waals surface area contributed by atoms with Crippen LogP contribution in [-0.2, 0) is 6.54 Å². The minimum Gasteiger partial charge on any atom is -0.437 e. The molecule has 8 heteroatoms. The lowest BCUT2D eigenvalue weighted by Crippen LogP contribution is -1.99. The molecule has 5 aromatic rings. The largest absolute Gasteiger partial charge is 0.437 e. The Morgan fingerprint density at radius 2 is 1.82 bits per heavy atom. The van der Waals surface area contributed by atoms with Crippen LogP contribution < -0.4 is 10.1 Å². The molecule has 3 aromatic heterocycles. The maximum atomic E-state index is 6.06. The van der Waals surface area contributed by atoms with E-state index in [-0.39, 0.29) is 0 Å². The highest BCUT2D eigenvalue weighted by molar-refractivity contribution is 7.18. The normalized spacial score (nSPS) is 13.4. The van der Waals surface area contributed by atoms with E-state index in [2.05, 4.69) is 61.0 Å². The van der Waals surface area contributed by atoms with E-state index in [1.165, 1.54) is 24.7 Å². The number of ether oxygens (including phenoxy) is 1. The molecule has 0 spiro atoms. The first-order valence-corrected chi connectivity index (χ1v) is 11.8. The molecule has 3 heterocycles. The molecule has 2 aromatic carbocycles. The lowest BCUT2D eigenvalue weighted by molar-refractivity contribution is 0.467. The van der Waals surface area contributed by atoms with Crippen LogP contribution in [0.5, 0.6) is 11.6 Å². The van der Waals surface area contributed by atoms with E-state index in [1.54, 1.807) is 11.3 Å². The molecule has 6 rings (SSSR count). The number of fused-ring (bicyclic) bond motifs is 1. The highest BCUT2D eigenvalue weighted by atomic mass is 32.1. The number of aromatic nitrogens is 5. The van der Waals surface area contributed by atoms with Crippen molar-refractivity contribution in [1.82, 2.24) is 24.5 Å². The van der Waals surface area contributed by atoms with Crippen LogP contribution in [0.3, 0.4) is 0 Å². The lowest BCUT2D eigenvalue weighted by atomic mass is 10.2. The number of aryl methyl sites for hydroxylation is 1. The van der Waals surface area contributed by atoms with Crippen molar-refractivity contribution in [1.29, 1.82) is 0 Å². The molecule has 0 saturated heterocycles. The van der Waals surface area contributed by atoms with Crippen LogP contribution >= 0.6 is 11.3 Å². The predicted molar refractivity (Wildman–Crippen MR) is 130 cm³/mol. The third kappa shape index (κ3) is 4.29. The maximum Gasteiger partial charge on any atom is 0.250 e. The van der Waals surface area contributed by atoms with Gasteiger partial charge >= 0.3 is 0 Å². The summed E-state index contributed by atoms with van der Waals surface area (Å²) in [6.45, 7) is 3.03. The Morgan fingerprint density at radius 3 is 2.61 bits per heavy atom. The molecule has 7 nitrogen and oxygen atoms in total. The second-order valence-corrected chi connectivity index (χ2v) is 9.37. The Kier molecular flexibility index (Phi) is 4.99. The Hall–Kier alpha value is -3.78. The quantitative estimate of drug-likeness (QED) is 0.315. The number of hydrogen-bond acceptors (Lipinski definition) is 7. The summed E-state index contributed by atoms with van der Waals surface area (Å²) in [5.74, 6) is 1.93. The smallest absolute Gasteiger partial charge is 0.250 e. The van der Waals surface area contributed by atoms with E-state index in [0.717, 1.165) is 39.4 Å². The Morgan fingerprint density at radius 1 is 1.00 bits per heavy atom. The highest BCUT2D eigenvalue weighted by Crippen LogP contribution is 2.34. The van der Waals surface area contributed by atoms with Gasteiger partial charge < -0.3 is 14.6 Å². The summed E-state index contributed by atoms with van der Waals surface area (Å²) < 4.78 is 8.15. The van der Waals surface area contributed by atoms with Gasteiger partial charge in [-0.05, 0) is 67.6 Å². The Labute approximate surface area is 195 Å². The monoisotopic (exact) mass is 454 g/mol. The highest BCUT2D eigenvalue weighted by Gasteiger charge is 2.23. The zero-order valence-electron chi connectivity index (χ0n) is 18.1. The summed E-state index contributed by atoms with van der Waals surface area (Å²) in [6, 6.07) is 16.2. The standard InChI is InChI=1S/C25H22N6OS/c1-16-2-8-19(9-3-16)30-25-26-12-21(33-25)18-6-10-20(11-7-18)32-24-22-23(27-14-28-24)31(15-29-22)13-17-4-5-17/h2-3,6-12,14-15,17H,4-5,13H2,1H3,(H,26,30). The molecular formula is C25H22N6OS. The van der Waals surface area contributed by atoms with Crippen LogP contribution in [0.2, 0.25) is 0 Å². The summed E-state index contributed by atoms with van der Waals surface area (Å²) in [5, 5.41) is 4.22. The van der Waals surface area contributed by atoms with Crippen LogP contribution in [-0.4, -0.2) is 24.5 Å². The molecule has 1 aliphatic carbocycles. The molecule has 33 heavy (non-hydrogen) atoms. The average Bonchev–Trinajstić information content (AvgIpc) is 3.37. The number of imidazole rings is 1. The van der Waals surface area contributed by atoms with Gasteiger partial charge in [-0.2, -0.15) is 4.98 Å². The van der Waals surface area contributed by atoms with Crippen molar-refractivity contribution < 1.29 is 4.74 Å². The first-order valence-electron chi connectivity index (χ1n) is 10.9. The van der Waals surface area contributed by atoms with Gasteiger partial charge in [0.05, 0.1) is 11.2 Å². The van der Waals surface area contributed by atoms with Gasteiger partial charge in [0.15, 0.2) is 16.3 Å². The first-order chi connectivity index (χ1) is 16.2. The fourth-order valence-electron chi connectivity index (χ4n) is 3.67. The zero-order valence-corrected chi connectivity index (χ0v) is 18.9. The molecule has 1 aliphatic rings. The molecular weight excluding hydrogens is 432 g/mol. The van der Waals surface area contributed by atoms with Crippen molar-refractivity contribution >= 4 is 33.3 Å². The Balaban J connectivity index is 1.17. The number of thiazole rings is 1. The second kappa shape index (κ2) is 8.29. The predicted octanol–water partition coefficient (Wildman–Crippen LogP) is 6.20. The molecule has 0 radical (unpaired) electrons. The van der Waals surface area contributed by atoms with Gasteiger partial charge in [0.1, 0.15) is 12.1 Å². The molecule has 1 saturated carbocycles. The van der Waals surface area contributed by atoms with Crippen LogP contribution in [0.4, 0.5) is 10.8 Å². The van der Waals surface area contributed by atoms with Crippen molar-refractivity contribution in [2.45, 2.75) is 26.3 Å². The molecule has 164 valence electrons. The number of nitrogens with one attached hydrogen (secondary N) is 1. The summed E-state index contributed by atoms with van der Waals surface area (Å²) in [5.41, 5.74) is 4.86. The minimum absolute atomic E-state index is 0.477. The average molecular weight is 455 g/mol. The summed E-state index contributed by atoms with van der Waals surface area (Å²) in [4.78, 5) is 18.8. The molecule has 1 N–H and O–H groups in total. The molecule has 0 unspecified atom stereocenters. The summed E-state index contributed by atoms with van der Waals surface area (Å²) in [7, 11) is 0. The molecule has 1 fully saturated rings. The van der Waals surface area contributed by atoms with Crippen LogP contribution in [0.1, 0.15) is 18.4 Å². The first kappa shape index (κ1) is 19.9. The fourth-order valence-corrected chi connectivity index (χ4v) is 4.51. The zero-order chi connectivity index (χ0) is 22.2. The van der Waals surface area contributed by atoms with E-state index < -0.39 is 0 Å². The van der Waals surface area contributed by atoms with Crippen molar-refractivity contribution in [3.05, 3.63) is 72.9 Å². The fraction of sp³-hybridized carbons (Fsp3) is 0.200. The molecule has 0 amide bonds. The summed E-state index contributed by atoms with van der Waals surface area (Å²) in [6.07, 6.45) is 7.82. The number of anilines is 2. The Bertz CT molecular complexity index is 1400. The number of nitrogens with zero attached hydrogens (tertiary/aromatic N) is 5. The summed E-state index contributed by atoms with van der Waals surface area (Å²) >= 11 is 1.61. The van der Waals surface area contributed by atoms with Gasteiger partial charge in [0.25, 0.3) is 5.88 Å². The third-order valence-electron chi connectivity index (χ3n) is 5.68. The molecule has 0 bridgehead atoms. The molecule has 0 aliphatic heterocycles. The lowest BCUT2D eigenvalue weighted by Gasteiger charge is -2.06. The van der Waals surface area contributed by atoms with Crippen molar-refractivity contribution in [3.63, 3.8) is 0 Å². The maximum absolute atomic E-state index is 6.06. The van der Waals surface area contributed by atoms with Gasteiger partial charge in [-0.15, -0.1) is 0 Å². The number of benzene rings is 2. The van der Waals surface area contributed by atoms with E-state index in [1.807, 2.05) is 36.8 Å². The number of hydrogen-bond donors (Lipinski definition) is 1. The van der Waals surface area contributed by atoms with Crippen LogP contribution in [0.15, 0.2) is 67.4 Å². The minimum atomic E-state index is 0.477. The van der Waals surface area contributed by atoms with Gasteiger partial charge in [0, 0.05) is 18.4 Å². The van der Waals surface area contributed by atoms with Gasteiger partial charge in [-0.25, -0.2) is 15.0 Å². The van der Waals surface area contributed by atoms with Crippen molar-refractivity contribution in [3.8, 4) is 22.1 Å². The topological polar surface area (TPSA) is 77.8 Å². The van der Waals surface area contributed by atoms with E-state index in [4.69, 9.17) is 4.74 Å². The second-order valence-electron chi connectivity index (χ2n) is 8.34. The van der Waals surface area contributed by atoms with Crippen molar-refractivity contribution in [2.24, 2.45) is 5.92 Å². The third-order valence-corrected chi connectivity index (χ3v) is 6.64. The SMILES string of the molecule is Cc1ccc(Nc2ncc(-c3ccc(Oc4ncnc5c4ncn5CC4CC4)cc3)s2)cc1.